The highest BCUT2D eigenvalue weighted by Gasteiger charge is 1.91. The molecule has 18 heavy (non-hydrogen) atoms. The Labute approximate surface area is 116 Å². The van der Waals surface area contributed by atoms with Crippen LogP contribution in [-0.2, 0) is 0 Å². The molecule has 0 aromatic carbocycles. The third-order valence-electron chi connectivity index (χ3n) is 3.36. The Morgan fingerprint density at radius 1 is 0.667 bits per heavy atom. The van der Waals surface area contributed by atoms with E-state index in [0.717, 1.165) is 6.54 Å². The Balaban J connectivity index is 3.01. The molecule has 0 aliphatic rings. The van der Waals surface area contributed by atoms with Gasteiger partial charge in [0.2, 0.25) is 0 Å². The first-order valence-electron chi connectivity index (χ1n) is 8.07. The fourth-order valence-electron chi connectivity index (χ4n) is 2.15. The lowest BCUT2D eigenvalue weighted by atomic mass is 10.1. The molecule has 0 atom stereocenters. The number of nitrogens with zero attached hydrogens (tertiary/aromatic N) is 1. The van der Waals surface area contributed by atoms with Crippen LogP contribution in [0.4, 0.5) is 0 Å². The van der Waals surface area contributed by atoms with E-state index in [1.165, 1.54) is 70.6 Å². The van der Waals surface area contributed by atoms with Crippen molar-refractivity contribution in [3.05, 3.63) is 12.2 Å². The van der Waals surface area contributed by atoms with Crippen molar-refractivity contribution in [2.24, 2.45) is 0 Å². The lowest BCUT2D eigenvalue weighted by Crippen LogP contribution is -2.10. The summed E-state index contributed by atoms with van der Waals surface area (Å²) in [4.78, 5) is 2.20. The van der Waals surface area contributed by atoms with Crippen molar-refractivity contribution in [3.63, 3.8) is 0 Å². The number of allylic oxidation sites excluding steroid dienone is 1. The van der Waals surface area contributed by atoms with Gasteiger partial charge in [0.05, 0.1) is 0 Å². The predicted molar refractivity (Wildman–Crippen MR) is 84.2 cm³/mol. The molecule has 0 amide bonds. The SMILES string of the molecule is CCCCCCCCCCCC/C=C/CN(C)C. The van der Waals surface area contributed by atoms with Gasteiger partial charge in [0, 0.05) is 6.54 Å². The standard InChI is InChI=1S/C17H35N/c1-4-5-6-7-8-9-10-11-12-13-14-15-16-17-18(2)3/h15-16H,4-14,17H2,1-3H3/b16-15+. The highest BCUT2D eigenvalue weighted by atomic mass is 15.0. The highest BCUT2D eigenvalue weighted by molar-refractivity contribution is 4.83. The van der Waals surface area contributed by atoms with Crippen LogP contribution in [0.15, 0.2) is 12.2 Å². The summed E-state index contributed by atoms with van der Waals surface area (Å²) in [6.07, 6.45) is 20.2. The molecule has 0 radical (unpaired) electrons. The molecule has 1 heteroatoms. The minimum absolute atomic E-state index is 1.08. The van der Waals surface area contributed by atoms with Gasteiger partial charge in [0.15, 0.2) is 0 Å². The zero-order valence-electron chi connectivity index (χ0n) is 13.1. The van der Waals surface area contributed by atoms with E-state index >= 15 is 0 Å². The van der Waals surface area contributed by atoms with Crippen molar-refractivity contribution in [2.45, 2.75) is 77.6 Å². The number of hydrogen-bond acceptors (Lipinski definition) is 1. The van der Waals surface area contributed by atoms with Crippen molar-refractivity contribution in [2.75, 3.05) is 20.6 Å². The first kappa shape index (κ1) is 17.7. The van der Waals surface area contributed by atoms with Gasteiger partial charge in [-0.05, 0) is 26.9 Å². The number of rotatable bonds is 13. The van der Waals surface area contributed by atoms with Gasteiger partial charge >= 0.3 is 0 Å². The van der Waals surface area contributed by atoms with Crippen molar-refractivity contribution in [1.82, 2.24) is 4.90 Å². The summed E-state index contributed by atoms with van der Waals surface area (Å²) in [5, 5.41) is 0. The Morgan fingerprint density at radius 3 is 1.67 bits per heavy atom. The fraction of sp³-hybridized carbons (Fsp3) is 0.882. The van der Waals surface area contributed by atoms with E-state index in [-0.39, 0.29) is 0 Å². The van der Waals surface area contributed by atoms with Gasteiger partial charge in [-0.1, -0.05) is 76.9 Å². The molecule has 0 aromatic rings. The molecular weight excluding hydrogens is 218 g/mol. The van der Waals surface area contributed by atoms with Crippen molar-refractivity contribution in [1.29, 1.82) is 0 Å². The lowest BCUT2D eigenvalue weighted by Gasteiger charge is -2.03. The second-order valence-corrected chi connectivity index (χ2v) is 5.70. The molecule has 0 heterocycles. The molecule has 0 saturated heterocycles. The maximum atomic E-state index is 2.34. The molecule has 0 bridgehead atoms. The normalized spacial score (nSPS) is 11.8. The second-order valence-electron chi connectivity index (χ2n) is 5.70. The Morgan fingerprint density at radius 2 is 1.17 bits per heavy atom. The minimum atomic E-state index is 1.08. The molecule has 0 rings (SSSR count). The predicted octanol–water partition coefficient (Wildman–Crippen LogP) is 5.42. The van der Waals surface area contributed by atoms with Crippen LogP contribution in [0.25, 0.3) is 0 Å². The monoisotopic (exact) mass is 253 g/mol. The summed E-state index contributed by atoms with van der Waals surface area (Å²) < 4.78 is 0. The van der Waals surface area contributed by atoms with Crippen LogP contribution >= 0.6 is 0 Å². The third kappa shape index (κ3) is 15.7. The molecule has 0 aliphatic heterocycles. The van der Waals surface area contributed by atoms with Gasteiger partial charge in [0.25, 0.3) is 0 Å². The minimum Gasteiger partial charge on any atom is -0.306 e. The van der Waals surface area contributed by atoms with Gasteiger partial charge in [-0.25, -0.2) is 0 Å². The average molecular weight is 253 g/mol. The van der Waals surface area contributed by atoms with E-state index in [4.69, 9.17) is 0 Å². The summed E-state index contributed by atoms with van der Waals surface area (Å²) in [5.41, 5.74) is 0. The van der Waals surface area contributed by atoms with Crippen LogP contribution in [0.3, 0.4) is 0 Å². The van der Waals surface area contributed by atoms with E-state index < -0.39 is 0 Å². The molecule has 0 aromatic heterocycles. The maximum absolute atomic E-state index is 2.34. The summed E-state index contributed by atoms with van der Waals surface area (Å²) in [6.45, 7) is 3.37. The summed E-state index contributed by atoms with van der Waals surface area (Å²) in [5.74, 6) is 0. The van der Waals surface area contributed by atoms with E-state index in [0.29, 0.717) is 0 Å². The summed E-state index contributed by atoms with van der Waals surface area (Å²) in [7, 11) is 4.23. The lowest BCUT2D eigenvalue weighted by molar-refractivity contribution is 0.456. The quantitative estimate of drug-likeness (QED) is 0.313. The molecule has 0 N–H and O–H groups in total. The highest BCUT2D eigenvalue weighted by Crippen LogP contribution is 2.11. The number of unbranched alkanes of at least 4 members (excludes halogenated alkanes) is 10. The average Bonchev–Trinajstić information content (AvgIpc) is 2.34. The van der Waals surface area contributed by atoms with Gasteiger partial charge < -0.3 is 4.90 Å². The summed E-state index contributed by atoms with van der Waals surface area (Å²) >= 11 is 0. The topological polar surface area (TPSA) is 3.24 Å². The van der Waals surface area contributed by atoms with Gasteiger partial charge in [-0.15, -0.1) is 0 Å². The summed E-state index contributed by atoms with van der Waals surface area (Å²) in [6, 6.07) is 0. The second kappa shape index (κ2) is 14.8. The smallest absolute Gasteiger partial charge is 0.0157 e. The molecule has 0 spiro atoms. The fourth-order valence-corrected chi connectivity index (χ4v) is 2.15. The van der Waals surface area contributed by atoms with Crippen LogP contribution in [0.2, 0.25) is 0 Å². The Kier molecular flexibility index (Phi) is 14.5. The molecule has 0 saturated carbocycles. The molecule has 0 fully saturated rings. The van der Waals surface area contributed by atoms with E-state index in [9.17, 15) is 0 Å². The molecule has 0 unspecified atom stereocenters. The van der Waals surface area contributed by atoms with Crippen molar-refractivity contribution < 1.29 is 0 Å². The van der Waals surface area contributed by atoms with Crippen molar-refractivity contribution in [3.8, 4) is 0 Å². The maximum Gasteiger partial charge on any atom is 0.0157 e. The first-order valence-corrected chi connectivity index (χ1v) is 8.07. The zero-order valence-corrected chi connectivity index (χ0v) is 13.1. The van der Waals surface area contributed by atoms with E-state index in [1.807, 2.05) is 0 Å². The van der Waals surface area contributed by atoms with Crippen LogP contribution in [0.5, 0.6) is 0 Å². The van der Waals surface area contributed by atoms with E-state index in [1.54, 1.807) is 0 Å². The van der Waals surface area contributed by atoms with Crippen LogP contribution in [0.1, 0.15) is 77.6 Å². The number of hydrogen-bond donors (Lipinski definition) is 0. The van der Waals surface area contributed by atoms with Gasteiger partial charge in [0.1, 0.15) is 0 Å². The van der Waals surface area contributed by atoms with Gasteiger partial charge in [-0.3, -0.25) is 0 Å². The van der Waals surface area contributed by atoms with Crippen LogP contribution < -0.4 is 0 Å². The first-order chi connectivity index (χ1) is 8.77. The zero-order chi connectivity index (χ0) is 13.5. The third-order valence-corrected chi connectivity index (χ3v) is 3.36. The number of likely N-dealkylation sites (N-methyl/N-ethyl adjacent to an activating group) is 1. The van der Waals surface area contributed by atoms with Crippen molar-refractivity contribution >= 4 is 0 Å². The van der Waals surface area contributed by atoms with Gasteiger partial charge in [-0.2, -0.15) is 0 Å². The molecule has 0 aliphatic carbocycles. The van der Waals surface area contributed by atoms with Crippen LogP contribution in [-0.4, -0.2) is 25.5 Å². The van der Waals surface area contributed by atoms with Crippen LogP contribution in [0, 0.1) is 0 Å². The molecule has 1 nitrogen and oxygen atoms in total. The Hall–Kier alpha value is -0.300. The largest absolute Gasteiger partial charge is 0.306 e. The molecule has 108 valence electrons. The Bertz CT molecular complexity index is 172. The molecular formula is C17H35N. The van der Waals surface area contributed by atoms with E-state index in [2.05, 4.69) is 38.1 Å².